The monoisotopic (exact) mass is 446 g/mol. The van der Waals surface area contributed by atoms with Crippen molar-refractivity contribution >= 4 is 48.4 Å². The van der Waals surface area contributed by atoms with Gasteiger partial charge in [-0.2, -0.15) is 4.98 Å². The number of benzene rings is 2. The fourth-order valence-corrected chi connectivity index (χ4v) is 5.23. The zero-order valence-corrected chi connectivity index (χ0v) is 17.8. The highest BCUT2D eigenvalue weighted by atomic mass is 35.5. The molecule has 0 atom stereocenters. The summed E-state index contributed by atoms with van der Waals surface area (Å²) in [6, 6.07) is 11.8. The third-order valence-electron chi connectivity index (χ3n) is 4.30. The van der Waals surface area contributed by atoms with Crippen LogP contribution in [0.3, 0.4) is 0 Å². The number of nitrogens with zero attached hydrogens (tertiary/aromatic N) is 3. The number of nitrogens with one attached hydrogen (secondary N) is 1. The quantitative estimate of drug-likeness (QED) is 0.512. The van der Waals surface area contributed by atoms with Gasteiger partial charge < -0.3 is 0 Å². The molecular weight excluding hydrogens is 432 g/mol. The van der Waals surface area contributed by atoms with Gasteiger partial charge in [-0.05, 0) is 37.6 Å². The van der Waals surface area contributed by atoms with Crippen LogP contribution in [0.15, 0.2) is 58.5 Å². The minimum absolute atomic E-state index is 0.0683. The van der Waals surface area contributed by atoms with E-state index in [4.69, 9.17) is 11.6 Å². The first kappa shape index (κ1) is 19.6. The maximum atomic E-state index is 13.0. The average Bonchev–Trinajstić information content (AvgIpc) is 3.06. The lowest BCUT2D eigenvalue weighted by atomic mass is 10.2. The molecule has 4 rings (SSSR count). The van der Waals surface area contributed by atoms with E-state index in [-0.39, 0.29) is 25.9 Å². The van der Waals surface area contributed by atoms with Gasteiger partial charge in [0.2, 0.25) is 0 Å². The number of hydrogen-bond donors (Lipinski definition) is 1. The highest BCUT2D eigenvalue weighted by Crippen LogP contribution is 2.27. The van der Waals surface area contributed by atoms with Crippen LogP contribution >= 0.6 is 22.9 Å². The predicted molar refractivity (Wildman–Crippen MR) is 115 cm³/mol. The second-order valence-corrected chi connectivity index (χ2v) is 9.50. The molecule has 148 valence electrons. The molecule has 2 heterocycles. The number of rotatable bonds is 4. The maximum absolute atomic E-state index is 13.0. The predicted octanol–water partition coefficient (Wildman–Crippen LogP) is 3.91. The number of aromatic nitrogens is 3. The molecule has 0 saturated heterocycles. The molecule has 0 radical (unpaired) electrons. The van der Waals surface area contributed by atoms with Gasteiger partial charge in [-0.15, -0.1) is 0 Å². The van der Waals surface area contributed by atoms with E-state index in [0.29, 0.717) is 10.7 Å². The van der Waals surface area contributed by atoms with E-state index in [9.17, 15) is 13.2 Å². The molecule has 4 aromatic rings. The lowest BCUT2D eigenvalue weighted by molar-refractivity contribution is 0.601. The molecule has 0 aliphatic carbocycles. The van der Waals surface area contributed by atoms with Crippen molar-refractivity contribution in [3.05, 3.63) is 75.3 Å². The Morgan fingerprint density at radius 2 is 1.83 bits per heavy atom. The molecule has 0 saturated carbocycles. The first-order valence-electron chi connectivity index (χ1n) is 8.49. The number of halogens is 1. The standard InChI is InChI=1S/C19H15ClN4O3S2/c1-11-6-8-13(9-7-11)29(26,27)23-19-22-17-16(28-19)18(25)24(10-21-17)15-12(2)4-3-5-14(15)20/h3-10H,1-2H3,(H,22,23). The van der Waals surface area contributed by atoms with Crippen LogP contribution in [0.5, 0.6) is 0 Å². The number of para-hydroxylation sites is 1. The Balaban J connectivity index is 1.77. The average molecular weight is 447 g/mol. The highest BCUT2D eigenvalue weighted by Gasteiger charge is 2.19. The second-order valence-electron chi connectivity index (χ2n) is 6.42. The van der Waals surface area contributed by atoms with Crippen molar-refractivity contribution in [3.63, 3.8) is 0 Å². The minimum atomic E-state index is -3.83. The van der Waals surface area contributed by atoms with Crippen molar-refractivity contribution < 1.29 is 8.42 Å². The summed E-state index contributed by atoms with van der Waals surface area (Å²) in [4.78, 5) is 21.4. The molecule has 7 nitrogen and oxygen atoms in total. The molecule has 0 aliphatic heterocycles. The lowest BCUT2D eigenvalue weighted by Crippen LogP contribution is -2.19. The SMILES string of the molecule is Cc1ccc(S(=O)(=O)Nc2nc3ncn(-c4c(C)cccc4Cl)c(=O)c3s2)cc1. The van der Waals surface area contributed by atoms with Gasteiger partial charge >= 0.3 is 0 Å². The summed E-state index contributed by atoms with van der Waals surface area (Å²) in [6.45, 7) is 3.71. The zero-order valence-electron chi connectivity index (χ0n) is 15.4. The first-order chi connectivity index (χ1) is 13.8. The van der Waals surface area contributed by atoms with E-state index in [1.165, 1.54) is 23.0 Å². The van der Waals surface area contributed by atoms with Crippen molar-refractivity contribution in [2.75, 3.05) is 4.72 Å². The van der Waals surface area contributed by atoms with E-state index >= 15 is 0 Å². The summed E-state index contributed by atoms with van der Waals surface area (Å²) in [5.41, 5.74) is 2.09. The Labute approximate surface area is 175 Å². The summed E-state index contributed by atoms with van der Waals surface area (Å²) in [6.07, 6.45) is 1.34. The summed E-state index contributed by atoms with van der Waals surface area (Å²) in [5, 5.41) is 0.483. The largest absolute Gasteiger partial charge is 0.277 e. The van der Waals surface area contributed by atoms with Crippen LogP contribution in [0.4, 0.5) is 5.13 Å². The number of aryl methyl sites for hydroxylation is 2. The Kier molecular flexibility index (Phi) is 4.89. The second kappa shape index (κ2) is 7.25. The summed E-state index contributed by atoms with van der Waals surface area (Å²) in [5.74, 6) is 0. The number of sulfonamides is 1. The van der Waals surface area contributed by atoms with E-state index in [0.717, 1.165) is 22.5 Å². The number of hydrogen-bond acceptors (Lipinski definition) is 6. The van der Waals surface area contributed by atoms with Gasteiger partial charge in [-0.3, -0.25) is 14.1 Å². The van der Waals surface area contributed by atoms with Crippen LogP contribution < -0.4 is 10.3 Å². The van der Waals surface area contributed by atoms with Crippen LogP contribution in [0.1, 0.15) is 11.1 Å². The molecule has 2 aromatic heterocycles. The van der Waals surface area contributed by atoms with Gasteiger partial charge in [-0.25, -0.2) is 13.4 Å². The fourth-order valence-electron chi connectivity index (χ4n) is 2.84. The van der Waals surface area contributed by atoms with E-state index in [1.54, 1.807) is 24.3 Å². The van der Waals surface area contributed by atoms with Gasteiger partial charge in [0, 0.05) is 0 Å². The number of fused-ring (bicyclic) bond motifs is 1. The molecule has 0 spiro atoms. The molecule has 2 aromatic carbocycles. The Morgan fingerprint density at radius 1 is 1.10 bits per heavy atom. The third kappa shape index (κ3) is 3.64. The molecule has 0 unspecified atom stereocenters. The number of anilines is 1. The van der Waals surface area contributed by atoms with Crippen LogP contribution in [0.2, 0.25) is 5.02 Å². The molecule has 1 N–H and O–H groups in total. The Bertz CT molecular complexity index is 1370. The van der Waals surface area contributed by atoms with Gasteiger partial charge in [0.25, 0.3) is 15.6 Å². The van der Waals surface area contributed by atoms with Crippen molar-refractivity contribution in [1.82, 2.24) is 14.5 Å². The van der Waals surface area contributed by atoms with E-state index in [2.05, 4.69) is 14.7 Å². The smallest absolute Gasteiger partial charge is 0.267 e. The molecule has 0 amide bonds. The molecule has 29 heavy (non-hydrogen) atoms. The van der Waals surface area contributed by atoms with E-state index in [1.807, 2.05) is 19.9 Å². The topological polar surface area (TPSA) is 93.9 Å². The van der Waals surface area contributed by atoms with Crippen molar-refractivity contribution in [1.29, 1.82) is 0 Å². The molecule has 0 bridgehead atoms. The van der Waals surface area contributed by atoms with Crippen LogP contribution in [-0.4, -0.2) is 23.0 Å². The molecule has 0 aliphatic rings. The highest BCUT2D eigenvalue weighted by molar-refractivity contribution is 7.93. The summed E-state index contributed by atoms with van der Waals surface area (Å²) >= 11 is 7.20. The van der Waals surface area contributed by atoms with Gasteiger partial charge in [0.1, 0.15) is 11.0 Å². The Hall–Kier alpha value is -2.75. The zero-order chi connectivity index (χ0) is 20.8. The molecular formula is C19H15ClN4O3S2. The van der Waals surface area contributed by atoms with E-state index < -0.39 is 10.0 Å². The summed E-state index contributed by atoms with van der Waals surface area (Å²) < 4.78 is 29.2. The van der Waals surface area contributed by atoms with Crippen molar-refractivity contribution in [2.24, 2.45) is 0 Å². The van der Waals surface area contributed by atoms with Crippen LogP contribution in [0.25, 0.3) is 16.0 Å². The molecule has 0 fully saturated rings. The number of thiazole rings is 1. The lowest BCUT2D eigenvalue weighted by Gasteiger charge is -2.10. The maximum Gasteiger partial charge on any atom is 0.277 e. The molecule has 10 heteroatoms. The van der Waals surface area contributed by atoms with Crippen LogP contribution in [0, 0.1) is 13.8 Å². The normalized spacial score (nSPS) is 11.7. The minimum Gasteiger partial charge on any atom is -0.267 e. The van der Waals surface area contributed by atoms with Crippen LogP contribution in [-0.2, 0) is 10.0 Å². The van der Waals surface area contributed by atoms with Crippen molar-refractivity contribution in [3.8, 4) is 5.69 Å². The van der Waals surface area contributed by atoms with Gasteiger partial charge in [-0.1, -0.05) is 52.8 Å². The fraction of sp³-hybridized carbons (Fsp3) is 0.105. The van der Waals surface area contributed by atoms with Gasteiger partial charge in [0.15, 0.2) is 10.8 Å². The first-order valence-corrected chi connectivity index (χ1v) is 11.2. The Morgan fingerprint density at radius 3 is 2.52 bits per heavy atom. The third-order valence-corrected chi connectivity index (χ3v) is 7.04. The van der Waals surface area contributed by atoms with Gasteiger partial charge in [0.05, 0.1) is 15.6 Å². The van der Waals surface area contributed by atoms with Crippen molar-refractivity contribution in [2.45, 2.75) is 18.7 Å². The summed E-state index contributed by atoms with van der Waals surface area (Å²) in [7, 11) is -3.83.